The Bertz CT molecular complexity index is 673. The Labute approximate surface area is 118 Å². The maximum Gasteiger partial charge on any atom is 0.417 e. The first-order chi connectivity index (χ1) is 9.94. The van der Waals surface area contributed by atoms with Crippen molar-refractivity contribution in [3.8, 4) is 17.6 Å². The Hall–Kier alpha value is -2.52. The van der Waals surface area contributed by atoms with Crippen LogP contribution in [0.25, 0.3) is 0 Å². The molecule has 2 rings (SSSR count). The maximum absolute atomic E-state index is 12.7. The Balaban J connectivity index is 2.27. The second-order valence-electron chi connectivity index (χ2n) is 4.22. The molecule has 0 radical (unpaired) electrons. The minimum atomic E-state index is -4.58. The molecule has 0 saturated heterocycles. The first-order valence-electron chi connectivity index (χ1n) is 5.93. The molecule has 0 heterocycles. The lowest BCUT2D eigenvalue weighted by Crippen LogP contribution is -2.07. The van der Waals surface area contributed by atoms with E-state index in [1.54, 1.807) is 24.3 Å². The van der Waals surface area contributed by atoms with Crippen LogP contribution >= 0.6 is 0 Å². The molecule has 3 nitrogen and oxygen atoms in total. The van der Waals surface area contributed by atoms with Gasteiger partial charge in [0.2, 0.25) is 0 Å². The highest BCUT2D eigenvalue weighted by Gasteiger charge is 2.33. The molecule has 0 spiro atoms. The Kier molecular flexibility index (Phi) is 4.15. The molecule has 0 atom stereocenters. The maximum atomic E-state index is 12.7. The number of ether oxygens (including phenoxy) is 1. The van der Waals surface area contributed by atoms with Gasteiger partial charge in [0.05, 0.1) is 23.8 Å². The number of hydrogen-bond donors (Lipinski definition) is 1. The normalized spacial score (nSPS) is 11.0. The number of aliphatic hydroxyl groups is 1. The minimum Gasteiger partial charge on any atom is -0.457 e. The van der Waals surface area contributed by atoms with Crippen LogP contribution in [0.3, 0.4) is 0 Å². The predicted octanol–water partition coefficient (Wildman–Crippen LogP) is 3.86. The van der Waals surface area contributed by atoms with Crippen molar-refractivity contribution in [2.75, 3.05) is 0 Å². The van der Waals surface area contributed by atoms with Gasteiger partial charge in [-0.15, -0.1) is 0 Å². The summed E-state index contributed by atoms with van der Waals surface area (Å²) in [6, 6.07) is 10.9. The van der Waals surface area contributed by atoms with Crippen LogP contribution in [0.5, 0.6) is 11.5 Å². The molecule has 0 bridgehead atoms. The van der Waals surface area contributed by atoms with Gasteiger partial charge in [-0.05, 0) is 35.9 Å². The summed E-state index contributed by atoms with van der Waals surface area (Å²) in [5, 5.41) is 17.7. The molecule has 0 fully saturated rings. The van der Waals surface area contributed by atoms with E-state index in [4.69, 9.17) is 15.1 Å². The molecule has 0 amide bonds. The van der Waals surface area contributed by atoms with Crippen molar-refractivity contribution >= 4 is 0 Å². The van der Waals surface area contributed by atoms with Crippen LogP contribution in [0.15, 0.2) is 42.5 Å². The lowest BCUT2D eigenvalue weighted by atomic mass is 10.1. The standard InChI is InChI=1S/C15H10F3NO2/c16-15(17,18)14-6-5-13(7-11(14)8-19)21-12-3-1-10(9-20)2-4-12/h1-7,20H,9H2. The molecule has 0 aliphatic carbocycles. The van der Waals surface area contributed by atoms with Crippen LogP contribution in [-0.4, -0.2) is 5.11 Å². The first-order valence-corrected chi connectivity index (χ1v) is 5.93. The van der Waals surface area contributed by atoms with E-state index in [1.165, 1.54) is 6.07 Å². The SMILES string of the molecule is N#Cc1cc(Oc2ccc(CO)cc2)ccc1C(F)(F)F. The van der Waals surface area contributed by atoms with Gasteiger partial charge in [0.1, 0.15) is 11.5 Å². The summed E-state index contributed by atoms with van der Waals surface area (Å²) in [5.41, 5.74) is -0.799. The molecular formula is C15H10F3NO2. The molecule has 2 aromatic carbocycles. The van der Waals surface area contributed by atoms with Gasteiger partial charge in [-0.25, -0.2) is 0 Å². The topological polar surface area (TPSA) is 53.2 Å². The van der Waals surface area contributed by atoms with Crippen LogP contribution in [0.1, 0.15) is 16.7 Å². The highest BCUT2D eigenvalue weighted by Crippen LogP contribution is 2.34. The molecular weight excluding hydrogens is 283 g/mol. The van der Waals surface area contributed by atoms with Crippen LogP contribution in [0.2, 0.25) is 0 Å². The van der Waals surface area contributed by atoms with E-state index in [0.717, 1.165) is 18.2 Å². The van der Waals surface area contributed by atoms with Crippen LogP contribution < -0.4 is 4.74 Å². The van der Waals surface area contributed by atoms with Crippen molar-refractivity contribution in [2.24, 2.45) is 0 Å². The van der Waals surface area contributed by atoms with Crippen molar-refractivity contribution in [3.05, 3.63) is 59.2 Å². The Morgan fingerprint density at radius 1 is 1.05 bits per heavy atom. The number of halogens is 3. The molecule has 108 valence electrons. The molecule has 0 aromatic heterocycles. The van der Waals surface area contributed by atoms with E-state index < -0.39 is 17.3 Å². The van der Waals surface area contributed by atoms with Gasteiger partial charge < -0.3 is 9.84 Å². The first kappa shape index (κ1) is 14.9. The highest BCUT2D eigenvalue weighted by molar-refractivity contribution is 5.46. The molecule has 6 heteroatoms. The summed E-state index contributed by atoms with van der Waals surface area (Å²) in [5.74, 6) is 0.534. The summed E-state index contributed by atoms with van der Waals surface area (Å²) < 4.78 is 43.4. The average Bonchev–Trinajstić information content (AvgIpc) is 2.46. The highest BCUT2D eigenvalue weighted by atomic mass is 19.4. The fraction of sp³-hybridized carbons (Fsp3) is 0.133. The monoisotopic (exact) mass is 293 g/mol. The fourth-order valence-corrected chi connectivity index (χ4v) is 1.73. The summed E-state index contributed by atoms with van der Waals surface area (Å²) in [4.78, 5) is 0. The number of rotatable bonds is 3. The second-order valence-corrected chi connectivity index (χ2v) is 4.22. The number of alkyl halides is 3. The fourth-order valence-electron chi connectivity index (χ4n) is 1.73. The van der Waals surface area contributed by atoms with E-state index in [9.17, 15) is 13.2 Å². The van der Waals surface area contributed by atoms with Crippen molar-refractivity contribution < 1.29 is 23.0 Å². The van der Waals surface area contributed by atoms with Crippen molar-refractivity contribution in [1.82, 2.24) is 0 Å². The number of nitriles is 1. The second kappa shape index (κ2) is 5.85. The van der Waals surface area contributed by atoms with Gasteiger partial charge >= 0.3 is 6.18 Å². The lowest BCUT2D eigenvalue weighted by molar-refractivity contribution is -0.137. The molecule has 0 saturated carbocycles. The summed E-state index contributed by atoms with van der Waals surface area (Å²) in [6.07, 6.45) is -4.58. The molecule has 1 N–H and O–H groups in total. The number of nitrogens with zero attached hydrogens (tertiary/aromatic N) is 1. The quantitative estimate of drug-likeness (QED) is 0.934. The van der Waals surface area contributed by atoms with Crippen molar-refractivity contribution in [1.29, 1.82) is 5.26 Å². The van der Waals surface area contributed by atoms with E-state index in [-0.39, 0.29) is 12.4 Å². The van der Waals surface area contributed by atoms with Gasteiger partial charge in [0, 0.05) is 0 Å². The van der Waals surface area contributed by atoms with Gasteiger partial charge in [-0.1, -0.05) is 12.1 Å². The third-order valence-electron chi connectivity index (χ3n) is 2.76. The third-order valence-corrected chi connectivity index (χ3v) is 2.76. The average molecular weight is 293 g/mol. The predicted molar refractivity (Wildman–Crippen MR) is 68.6 cm³/mol. The van der Waals surface area contributed by atoms with E-state index >= 15 is 0 Å². The van der Waals surface area contributed by atoms with E-state index in [1.807, 2.05) is 0 Å². The largest absolute Gasteiger partial charge is 0.457 e. The van der Waals surface area contributed by atoms with Crippen molar-refractivity contribution in [3.63, 3.8) is 0 Å². The van der Waals surface area contributed by atoms with Crippen LogP contribution in [-0.2, 0) is 12.8 Å². The number of hydrogen-bond acceptors (Lipinski definition) is 3. The Morgan fingerprint density at radius 2 is 1.67 bits per heavy atom. The van der Waals surface area contributed by atoms with Gasteiger partial charge in [0.25, 0.3) is 0 Å². The molecule has 0 unspecified atom stereocenters. The van der Waals surface area contributed by atoms with E-state index in [0.29, 0.717) is 11.3 Å². The van der Waals surface area contributed by atoms with E-state index in [2.05, 4.69) is 0 Å². The molecule has 21 heavy (non-hydrogen) atoms. The van der Waals surface area contributed by atoms with Gasteiger partial charge in [-0.3, -0.25) is 0 Å². The smallest absolute Gasteiger partial charge is 0.417 e. The Morgan fingerprint density at radius 3 is 2.19 bits per heavy atom. The third kappa shape index (κ3) is 3.52. The zero-order valence-corrected chi connectivity index (χ0v) is 10.7. The number of benzene rings is 2. The van der Waals surface area contributed by atoms with Crippen molar-refractivity contribution in [2.45, 2.75) is 12.8 Å². The van der Waals surface area contributed by atoms with Gasteiger partial charge in [0.15, 0.2) is 0 Å². The lowest BCUT2D eigenvalue weighted by Gasteiger charge is -2.11. The summed E-state index contributed by atoms with van der Waals surface area (Å²) >= 11 is 0. The zero-order chi connectivity index (χ0) is 15.5. The molecule has 2 aromatic rings. The minimum absolute atomic E-state index is 0.112. The number of aliphatic hydroxyl groups excluding tert-OH is 1. The van der Waals surface area contributed by atoms with Crippen LogP contribution in [0.4, 0.5) is 13.2 Å². The summed E-state index contributed by atoms with van der Waals surface area (Å²) in [6.45, 7) is -0.112. The molecule has 0 aliphatic rings. The zero-order valence-electron chi connectivity index (χ0n) is 10.7. The van der Waals surface area contributed by atoms with Gasteiger partial charge in [-0.2, -0.15) is 18.4 Å². The summed E-state index contributed by atoms with van der Waals surface area (Å²) in [7, 11) is 0. The molecule has 0 aliphatic heterocycles. The van der Waals surface area contributed by atoms with Crippen LogP contribution in [0, 0.1) is 11.3 Å².